The minimum absolute atomic E-state index is 0.0235. The first-order valence-electron chi connectivity index (χ1n) is 9.92. The second kappa shape index (κ2) is 6.60. The van der Waals surface area contributed by atoms with Crippen LogP contribution in [0, 0.1) is 23.7 Å². The average Bonchev–Trinajstić information content (AvgIpc) is 3.35. The molecule has 0 unspecified atom stereocenters. The number of carbonyl (C=O) groups is 1. The first-order valence-corrected chi connectivity index (χ1v) is 10.7. The summed E-state index contributed by atoms with van der Waals surface area (Å²) in [5, 5.41) is 11.7. The van der Waals surface area contributed by atoms with Crippen LogP contribution in [0.2, 0.25) is 10.3 Å². The van der Waals surface area contributed by atoms with Gasteiger partial charge in [0.05, 0.1) is 5.57 Å². The number of halogens is 2. The normalized spacial score (nSPS) is 28.3. The molecule has 1 aromatic carbocycles. The highest BCUT2D eigenvalue weighted by atomic mass is 35.5. The van der Waals surface area contributed by atoms with Gasteiger partial charge in [0.25, 0.3) is 0 Å². The number of allylic oxidation sites excluding steroid dienone is 2. The minimum Gasteiger partial charge on any atom is -0.511 e. The van der Waals surface area contributed by atoms with Gasteiger partial charge in [0.2, 0.25) is 0 Å². The molecule has 5 heteroatoms. The van der Waals surface area contributed by atoms with E-state index in [1.54, 1.807) is 6.07 Å². The van der Waals surface area contributed by atoms with Crippen LogP contribution in [-0.2, 0) is 11.2 Å². The fourth-order valence-electron chi connectivity index (χ4n) is 5.70. The topological polar surface area (TPSA) is 50.2 Å². The summed E-state index contributed by atoms with van der Waals surface area (Å²) in [4.78, 5) is 17.5. The number of ketones is 1. The number of hydrogen-bond donors (Lipinski definition) is 1. The first kappa shape index (κ1) is 18.2. The number of nitrogens with zero attached hydrogens (tertiary/aromatic N) is 1. The van der Waals surface area contributed by atoms with Crippen LogP contribution in [0.25, 0.3) is 16.7 Å². The number of pyridine rings is 1. The summed E-state index contributed by atoms with van der Waals surface area (Å²) in [6.07, 6.45) is 4.12. The lowest BCUT2D eigenvalue weighted by molar-refractivity contribution is -0.118. The summed E-state index contributed by atoms with van der Waals surface area (Å²) in [6.45, 7) is 2.07. The summed E-state index contributed by atoms with van der Waals surface area (Å²) in [5.74, 6) is 1.33. The van der Waals surface area contributed by atoms with Gasteiger partial charge in [-0.15, -0.1) is 0 Å². The largest absolute Gasteiger partial charge is 0.511 e. The van der Waals surface area contributed by atoms with Crippen LogP contribution in [0.3, 0.4) is 0 Å². The molecule has 5 rings (SSSR count). The van der Waals surface area contributed by atoms with Crippen molar-refractivity contribution in [2.75, 3.05) is 0 Å². The van der Waals surface area contributed by atoms with Crippen LogP contribution >= 0.6 is 23.2 Å². The van der Waals surface area contributed by atoms with Crippen molar-refractivity contribution in [1.29, 1.82) is 0 Å². The second-order valence-corrected chi connectivity index (χ2v) is 8.95. The Morgan fingerprint density at radius 1 is 1.07 bits per heavy atom. The Hall–Kier alpha value is -1.84. The number of aromatic nitrogens is 1. The Morgan fingerprint density at radius 3 is 2.50 bits per heavy atom. The van der Waals surface area contributed by atoms with E-state index in [1.165, 1.54) is 0 Å². The molecule has 4 atom stereocenters. The Balaban J connectivity index is 1.64. The van der Waals surface area contributed by atoms with Crippen LogP contribution in [0.1, 0.15) is 37.3 Å². The van der Waals surface area contributed by atoms with Crippen molar-refractivity contribution in [3.8, 4) is 11.1 Å². The van der Waals surface area contributed by atoms with E-state index in [2.05, 4.69) is 11.9 Å². The van der Waals surface area contributed by atoms with Crippen molar-refractivity contribution < 1.29 is 9.90 Å². The van der Waals surface area contributed by atoms with Crippen LogP contribution in [0.5, 0.6) is 0 Å². The van der Waals surface area contributed by atoms with Gasteiger partial charge >= 0.3 is 0 Å². The summed E-state index contributed by atoms with van der Waals surface area (Å²) in [5.41, 5.74) is 4.06. The van der Waals surface area contributed by atoms with E-state index in [0.717, 1.165) is 47.9 Å². The van der Waals surface area contributed by atoms with Crippen molar-refractivity contribution in [1.82, 2.24) is 4.98 Å². The highest BCUT2D eigenvalue weighted by molar-refractivity contribution is 6.34. The molecule has 2 saturated carbocycles. The minimum atomic E-state index is -0.0251. The van der Waals surface area contributed by atoms with E-state index in [1.807, 2.05) is 24.3 Å². The highest BCUT2D eigenvalue weighted by Gasteiger charge is 2.57. The van der Waals surface area contributed by atoms with Crippen molar-refractivity contribution in [2.24, 2.45) is 23.7 Å². The lowest BCUT2D eigenvalue weighted by Crippen LogP contribution is -2.24. The number of aliphatic hydroxyl groups excluding tert-OH is 1. The molecule has 0 radical (unpaired) electrons. The Kier molecular flexibility index (Phi) is 4.29. The molecular formula is C23H21Cl2NO2. The second-order valence-electron chi connectivity index (χ2n) is 8.21. The number of carbonyl (C=O) groups excluding carboxylic acids is 1. The van der Waals surface area contributed by atoms with Gasteiger partial charge in [-0.2, -0.15) is 0 Å². The molecule has 1 N–H and O–H groups in total. The van der Waals surface area contributed by atoms with Crippen molar-refractivity contribution in [3.05, 3.63) is 57.5 Å². The monoisotopic (exact) mass is 413 g/mol. The van der Waals surface area contributed by atoms with Gasteiger partial charge in [-0.3, -0.25) is 4.79 Å². The van der Waals surface area contributed by atoms with E-state index in [-0.39, 0.29) is 17.6 Å². The summed E-state index contributed by atoms with van der Waals surface area (Å²) in [7, 11) is 0. The van der Waals surface area contributed by atoms with Gasteiger partial charge in [-0.25, -0.2) is 4.98 Å². The van der Waals surface area contributed by atoms with Crippen LogP contribution in [0.15, 0.2) is 36.1 Å². The van der Waals surface area contributed by atoms with Crippen LogP contribution in [-0.4, -0.2) is 15.9 Å². The number of hydrogen-bond acceptors (Lipinski definition) is 3. The molecule has 0 saturated heterocycles. The maximum atomic E-state index is 13.3. The average molecular weight is 414 g/mol. The predicted molar refractivity (Wildman–Crippen MR) is 111 cm³/mol. The molecule has 0 aliphatic heterocycles. The van der Waals surface area contributed by atoms with E-state index in [9.17, 15) is 9.90 Å². The van der Waals surface area contributed by atoms with Gasteiger partial charge in [-0.05, 0) is 72.4 Å². The van der Waals surface area contributed by atoms with E-state index in [0.29, 0.717) is 33.5 Å². The number of Topliss-reactive ketones (excluding diaryl/α,β-unsaturated/α-hetero) is 1. The maximum Gasteiger partial charge on any atom is 0.170 e. The molecule has 2 fully saturated rings. The van der Waals surface area contributed by atoms with Gasteiger partial charge in [-0.1, -0.05) is 42.3 Å². The highest BCUT2D eigenvalue weighted by Crippen LogP contribution is 2.60. The Bertz CT molecular complexity index is 1030. The fourth-order valence-corrected chi connectivity index (χ4v) is 6.16. The zero-order chi connectivity index (χ0) is 19.6. The van der Waals surface area contributed by atoms with Gasteiger partial charge in [0.15, 0.2) is 5.78 Å². The molecule has 3 aliphatic rings. The molecule has 2 bridgehead atoms. The molecule has 28 heavy (non-hydrogen) atoms. The van der Waals surface area contributed by atoms with Gasteiger partial charge < -0.3 is 5.11 Å². The van der Waals surface area contributed by atoms with Crippen LogP contribution < -0.4 is 0 Å². The Labute approximate surface area is 174 Å². The standard InChI is InChI=1S/C23H21Cl2NO2/c1-2-11-3-4-12(15-7-8-17(24)26-23(15)25)10-16(11)20-21(27)18-13-5-6-14(9-13)19(18)22(20)28/h3-4,7-8,10,13-14,18-19,27H,2,5-6,9H2,1H3/t13-,14+,18-,19+/m0/s1. The SMILES string of the molecule is CCc1ccc(-c2ccc(Cl)nc2Cl)cc1C1=C(O)[C@H]2[C@H]3CC[C@H](C3)[C@H]2C1=O. The number of rotatable bonds is 3. The number of aliphatic hydroxyl groups is 1. The molecule has 3 aliphatic carbocycles. The number of fused-ring (bicyclic) bond motifs is 5. The van der Waals surface area contributed by atoms with Gasteiger partial charge in [0.1, 0.15) is 16.1 Å². The summed E-state index contributed by atoms with van der Waals surface area (Å²) >= 11 is 12.2. The summed E-state index contributed by atoms with van der Waals surface area (Å²) in [6, 6.07) is 9.52. The van der Waals surface area contributed by atoms with E-state index < -0.39 is 0 Å². The van der Waals surface area contributed by atoms with Crippen LogP contribution in [0.4, 0.5) is 0 Å². The number of aryl methyl sites for hydroxylation is 1. The molecular weight excluding hydrogens is 393 g/mol. The zero-order valence-electron chi connectivity index (χ0n) is 15.6. The molecule has 1 aromatic heterocycles. The Morgan fingerprint density at radius 2 is 1.82 bits per heavy atom. The van der Waals surface area contributed by atoms with Crippen molar-refractivity contribution in [2.45, 2.75) is 32.6 Å². The number of benzene rings is 1. The van der Waals surface area contributed by atoms with Crippen molar-refractivity contribution >= 4 is 34.6 Å². The molecule has 2 aromatic rings. The third kappa shape index (κ3) is 2.56. The zero-order valence-corrected chi connectivity index (χ0v) is 17.1. The lowest BCUT2D eigenvalue weighted by atomic mass is 9.80. The third-order valence-corrected chi connectivity index (χ3v) is 7.42. The quantitative estimate of drug-likeness (QED) is 0.615. The summed E-state index contributed by atoms with van der Waals surface area (Å²) < 4.78 is 0. The van der Waals surface area contributed by atoms with E-state index in [4.69, 9.17) is 23.2 Å². The molecule has 144 valence electrons. The molecule has 0 spiro atoms. The lowest BCUT2D eigenvalue weighted by Gasteiger charge is -2.23. The smallest absolute Gasteiger partial charge is 0.170 e. The van der Waals surface area contributed by atoms with Gasteiger partial charge in [0, 0.05) is 17.4 Å². The maximum absolute atomic E-state index is 13.3. The molecule has 0 amide bonds. The third-order valence-electron chi connectivity index (χ3n) is 6.92. The fraction of sp³-hybridized carbons (Fsp3) is 0.391. The molecule has 3 nitrogen and oxygen atoms in total. The van der Waals surface area contributed by atoms with E-state index >= 15 is 0 Å². The predicted octanol–water partition coefficient (Wildman–Crippen LogP) is 6.13. The van der Waals surface area contributed by atoms with Crippen molar-refractivity contribution in [3.63, 3.8) is 0 Å². The molecule has 1 heterocycles. The first-order chi connectivity index (χ1) is 13.5.